The van der Waals surface area contributed by atoms with Crippen LogP contribution in [0.5, 0.6) is 0 Å². The highest BCUT2D eigenvalue weighted by atomic mass is 16.6. The molecule has 0 bridgehead atoms. The molecular weight excluding hydrogens is 432 g/mol. The summed E-state index contributed by atoms with van der Waals surface area (Å²) in [5.41, 5.74) is 0.775. The third-order valence-electron chi connectivity index (χ3n) is 11.4. The lowest BCUT2D eigenvalue weighted by Gasteiger charge is -2.70. The van der Waals surface area contributed by atoms with Crippen molar-refractivity contribution in [2.45, 2.75) is 105 Å². The number of fused-ring (bicyclic) bond motifs is 6. The number of hydrogen-bond acceptors (Lipinski definition) is 6. The first-order valence-corrected chi connectivity index (χ1v) is 13.1. The van der Waals surface area contributed by atoms with E-state index in [0.29, 0.717) is 34.8 Å². The van der Waals surface area contributed by atoms with E-state index < -0.39 is 29.9 Å². The van der Waals surface area contributed by atoms with Gasteiger partial charge in [-0.3, -0.25) is 4.79 Å². The molecule has 5 aliphatic rings. The molecule has 3 fully saturated rings. The third kappa shape index (κ3) is 3.00. The van der Waals surface area contributed by atoms with Crippen molar-refractivity contribution in [1.29, 1.82) is 0 Å². The van der Waals surface area contributed by atoms with Crippen molar-refractivity contribution < 1.29 is 28.9 Å². The van der Waals surface area contributed by atoms with Gasteiger partial charge >= 0.3 is 11.9 Å². The predicted molar refractivity (Wildman–Crippen MR) is 126 cm³/mol. The summed E-state index contributed by atoms with van der Waals surface area (Å²) in [5, 5.41) is 11.0. The van der Waals surface area contributed by atoms with Gasteiger partial charge in [-0.25, -0.2) is 4.79 Å². The SMILES string of the molecule is CO[C@@H]1C[C@H]2[C@]3(C)CC[C@H]4C(C)(C)CCC[C@]4(C)[C@H]3C[C@@H](OC(C)=O)[C@]2(C)C2=C1C(=O)O[C@H]2O. The molecule has 0 saturated heterocycles. The molecule has 190 valence electrons. The Morgan fingerprint density at radius 1 is 1.00 bits per heavy atom. The van der Waals surface area contributed by atoms with Gasteiger partial charge in [-0.05, 0) is 72.5 Å². The summed E-state index contributed by atoms with van der Waals surface area (Å²) in [6.07, 6.45) is 5.24. The van der Waals surface area contributed by atoms with E-state index in [1.54, 1.807) is 7.11 Å². The summed E-state index contributed by atoms with van der Waals surface area (Å²) >= 11 is 0. The molecule has 1 heterocycles. The minimum Gasteiger partial charge on any atom is -0.462 e. The summed E-state index contributed by atoms with van der Waals surface area (Å²) in [6, 6.07) is 0. The Morgan fingerprint density at radius 2 is 1.68 bits per heavy atom. The Kier molecular flexibility index (Phi) is 5.40. The molecule has 1 aliphatic heterocycles. The number of esters is 2. The molecule has 0 radical (unpaired) electrons. The minimum absolute atomic E-state index is 0.0231. The zero-order valence-electron chi connectivity index (χ0n) is 21.9. The van der Waals surface area contributed by atoms with E-state index in [9.17, 15) is 14.7 Å². The number of carbonyl (C=O) groups excluding carboxylic acids is 2. The zero-order chi connectivity index (χ0) is 24.8. The van der Waals surface area contributed by atoms with Crippen LogP contribution in [0.4, 0.5) is 0 Å². The molecule has 6 heteroatoms. The second kappa shape index (κ2) is 7.55. The van der Waals surface area contributed by atoms with Gasteiger partial charge in [0.2, 0.25) is 6.29 Å². The monoisotopic (exact) mass is 474 g/mol. The van der Waals surface area contributed by atoms with E-state index in [1.165, 1.54) is 32.6 Å². The van der Waals surface area contributed by atoms with Crippen LogP contribution in [0.25, 0.3) is 0 Å². The van der Waals surface area contributed by atoms with Crippen molar-refractivity contribution in [2.24, 2.45) is 39.4 Å². The quantitative estimate of drug-likeness (QED) is 0.580. The topological polar surface area (TPSA) is 82.1 Å². The maximum atomic E-state index is 12.8. The Balaban J connectivity index is 1.68. The van der Waals surface area contributed by atoms with Gasteiger partial charge in [0.15, 0.2) is 0 Å². The van der Waals surface area contributed by atoms with Crippen molar-refractivity contribution >= 4 is 11.9 Å². The highest BCUT2D eigenvalue weighted by Gasteiger charge is 2.71. The van der Waals surface area contributed by atoms with Crippen molar-refractivity contribution in [2.75, 3.05) is 7.11 Å². The normalized spacial score (nSPS) is 49.4. The predicted octanol–water partition coefficient (Wildman–Crippen LogP) is 4.78. The summed E-state index contributed by atoms with van der Waals surface area (Å²) in [5.74, 6) is 0.292. The lowest BCUT2D eigenvalue weighted by Crippen LogP contribution is -2.67. The molecule has 6 nitrogen and oxygen atoms in total. The van der Waals surface area contributed by atoms with Gasteiger partial charge in [0.25, 0.3) is 0 Å². The van der Waals surface area contributed by atoms with Crippen LogP contribution in [0, 0.1) is 39.4 Å². The van der Waals surface area contributed by atoms with Crippen molar-refractivity contribution in [3.05, 3.63) is 11.1 Å². The zero-order valence-corrected chi connectivity index (χ0v) is 21.9. The van der Waals surface area contributed by atoms with Crippen molar-refractivity contribution in [1.82, 2.24) is 0 Å². The Bertz CT molecular complexity index is 937. The minimum atomic E-state index is -1.31. The summed E-state index contributed by atoms with van der Waals surface area (Å²) in [6.45, 7) is 13.3. The maximum absolute atomic E-state index is 12.8. The van der Waals surface area contributed by atoms with Gasteiger partial charge in [-0.2, -0.15) is 0 Å². The highest BCUT2D eigenvalue weighted by molar-refractivity contribution is 5.94. The smallest absolute Gasteiger partial charge is 0.339 e. The van der Waals surface area contributed by atoms with E-state index in [2.05, 4.69) is 34.6 Å². The molecule has 5 rings (SSSR count). The second-order valence-corrected chi connectivity index (χ2v) is 13.2. The van der Waals surface area contributed by atoms with Crippen LogP contribution < -0.4 is 0 Å². The Labute approximate surface area is 203 Å². The fraction of sp³-hybridized carbons (Fsp3) is 0.857. The molecule has 0 spiro atoms. The van der Waals surface area contributed by atoms with Crippen LogP contribution >= 0.6 is 0 Å². The molecule has 0 unspecified atom stereocenters. The fourth-order valence-corrected chi connectivity index (χ4v) is 10.1. The molecule has 34 heavy (non-hydrogen) atoms. The molecule has 4 aliphatic carbocycles. The number of aliphatic hydroxyl groups is 1. The van der Waals surface area contributed by atoms with E-state index in [1.807, 2.05) is 0 Å². The summed E-state index contributed by atoms with van der Waals surface area (Å²) in [7, 11) is 1.63. The summed E-state index contributed by atoms with van der Waals surface area (Å²) in [4.78, 5) is 25.1. The van der Waals surface area contributed by atoms with Crippen LogP contribution in [0.1, 0.15) is 86.5 Å². The first-order chi connectivity index (χ1) is 15.8. The van der Waals surface area contributed by atoms with Crippen LogP contribution in [-0.2, 0) is 23.8 Å². The molecule has 0 aromatic rings. The first-order valence-electron chi connectivity index (χ1n) is 13.1. The number of hydrogen-bond donors (Lipinski definition) is 1. The van der Waals surface area contributed by atoms with Gasteiger partial charge in [0.05, 0.1) is 11.7 Å². The van der Waals surface area contributed by atoms with Crippen LogP contribution in [0.2, 0.25) is 0 Å². The fourth-order valence-electron chi connectivity index (χ4n) is 10.1. The standard InChI is InChI=1S/C28H42O6/c1-15(29)33-20-14-18-26(4)11-8-10-25(2,3)17(26)9-12-27(18,5)19-13-16(32-7)21-22(28(19,20)6)24(31)34-23(21)30/h16-20,24,31H,8-14H2,1-7H3/t16-,17+,18-,19+,20-,24-,26+,27-,28-/m1/s1. The van der Waals surface area contributed by atoms with Gasteiger partial charge in [-0.15, -0.1) is 0 Å². The number of rotatable bonds is 2. The number of cyclic esters (lactones) is 1. The number of aliphatic hydroxyl groups excluding tert-OH is 1. The lowest BCUT2D eigenvalue weighted by atomic mass is 9.35. The molecule has 1 N–H and O–H groups in total. The van der Waals surface area contributed by atoms with Crippen LogP contribution in [0.3, 0.4) is 0 Å². The second-order valence-electron chi connectivity index (χ2n) is 13.2. The van der Waals surface area contributed by atoms with Crippen molar-refractivity contribution in [3.8, 4) is 0 Å². The third-order valence-corrected chi connectivity index (χ3v) is 11.4. The number of carbonyl (C=O) groups is 2. The average Bonchev–Trinajstić information content (AvgIpc) is 3.03. The summed E-state index contributed by atoms with van der Waals surface area (Å²) < 4.78 is 17.3. The van der Waals surface area contributed by atoms with E-state index in [0.717, 1.165) is 12.8 Å². The molecule has 0 aromatic heterocycles. The highest BCUT2D eigenvalue weighted by Crippen LogP contribution is 2.74. The van der Waals surface area contributed by atoms with Gasteiger partial charge in [0.1, 0.15) is 6.10 Å². The molecule has 0 amide bonds. The Hall–Kier alpha value is -1.40. The van der Waals surface area contributed by atoms with Gasteiger partial charge < -0.3 is 19.3 Å². The van der Waals surface area contributed by atoms with Crippen LogP contribution in [0.15, 0.2) is 11.1 Å². The maximum Gasteiger partial charge on any atom is 0.339 e. The average molecular weight is 475 g/mol. The molecule has 3 saturated carbocycles. The van der Waals surface area contributed by atoms with Crippen LogP contribution in [-0.4, -0.2) is 42.7 Å². The van der Waals surface area contributed by atoms with E-state index in [4.69, 9.17) is 14.2 Å². The van der Waals surface area contributed by atoms with Gasteiger partial charge in [0, 0.05) is 25.0 Å². The molecule has 9 atom stereocenters. The number of ether oxygens (including phenoxy) is 3. The molecule has 0 aromatic carbocycles. The van der Waals surface area contributed by atoms with E-state index >= 15 is 0 Å². The van der Waals surface area contributed by atoms with Gasteiger partial charge in [-0.1, -0.05) is 41.0 Å². The largest absolute Gasteiger partial charge is 0.462 e. The molecular formula is C28H42O6. The van der Waals surface area contributed by atoms with E-state index in [-0.39, 0.29) is 22.7 Å². The number of methoxy groups -OCH3 is 1. The lowest BCUT2D eigenvalue weighted by molar-refractivity contribution is -0.233. The Morgan fingerprint density at radius 3 is 2.32 bits per heavy atom. The first kappa shape index (κ1) is 24.3. The van der Waals surface area contributed by atoms with Crippen molar-refractivity contribution in [3.63, 3.8) is 0 Å².